The standard InChI is InChI=1S/C18H16O5/c1-9(2)6-7-10-13(20)8-14-15(16(10)21)17(22)11-4-3-5-12(19)18(11)23-14/h3-6,8,19-21H,7H2,1-2H3. The normalized spacial score (nSPS) is 11.0. The lowest BCUT2D eigenvalue weighted by molar-refractivity contribution is 0.442. The van der Waals surface area contributed by atoms with Crippen LogP contribution in [0.5, 0.6) is 17.2 Å². The first kappa shape index (κ1) is 15.0. The quantitative estimate of drug-likeness (QED) is 0.497. The number of hydrogen-bond acceptors (Lipinski definition) is 5. The number of rotatable bonds is 2. The average molecular weight is 312 g/mol. The van der Waals surface area contributed by atoms with Crippen LogP contribution in [0.2, 0.25) is 0 Å². The molecule has 0 saturated carbocycles. The summed E-state index contributed by atoms with van der Waals surface area (Å²) in [6.45, 7) is 3.81. The molecule has 23 heavy (non-hydrogen) atoms. The summed E-state index contributed by atoms with van der Waals surface area (Å²) in [6.07, 6.45) is 2.14. The molecule has 3 aromatic rings. The Labute approximate surface area is 131 Å². The highest BCUT2D eigenvalue weighted by molar-refractivity contribution is 5.96. The van der Waals surface area contributed by atoms with E-state index in [-0.39, 0.29) is 44.8 Å². The third kappa shape index (κ3) is 2.40. The first-order valence-electron chi connectivity index (χ1n) is 7.16. The molecule has 0 saturated heterocycles. The molecular formula is C18H16O5. The van der Waals surface area contributed by atoms with Crippen molar-refractivity contribution < 1.29 is 19.7 Å². The summed E-state index contributed by atoms with van der Waals surface area (Å²) in [5.74, 6) is -0.629. The van der Waals surface area contributed by atoms with E-state index in [1.807, 2.05) is 19.9 Å². The summed E-state index contributed by atoms with van der Waals surface area (Å²) >= 11 is 0. The first-order valence-corrected chi connectivity index (χ1v) is 7.16. The van der Waals surface area contributed by atoms with Gasteiger partial charge in [0.25, 0.3) is 0 Å². The average Bonchev–Trinajstić information content (AvgIpc) is 2.47. The molecule has 5 heteroatoms. The van der Waals surface area contributed by atoms with Crippen LogP contribution in [-0.4, -0.2) is 15.3 Å². The van der Waals surface area contributed by atoms with Gasteiger partial charge in [-0.15, -0.1) is 0 Å². The highest BCUT2D eigenvalue weighted by atomic mass is 16.4. The molecule has 0 fully saturated rings. The molecule has 3 N–H and O–H groups in total. The van der Waals surface area contributed by atoms with Crippen LogP contribution < -0.4 is 5.43 Å². The van der Waals surface area contributed by atoms with Crippen molar-refractivity contribution in [3.63, 3.8) is 0 Å². The van der Waals surface area contributed by atoms with Gasteiger partial charge in [0, 0.05) is 11.6 Å². The Hall–Kier alpha value is -2.95. The number of phenols is 3. The Morgan fingerprint density at radius 2 is 1.91 bits per heavy atom. The van der Waals surface area contributed by atoms with E-state index in [1.165, 1.54) is 24.3 Å². The van der Waals surface area contributed by atoms with E-state index in [9.17, 15) is 20.1 Å². The Bertz CT molecular complexity index is 1010. The first-order chi connectivity index (χ1) is 10.9. The summed E-state index contributed by atoms with van der Waals surface area (Å²) in [4.78, 5) is 12.6. The summed E-state index contributed by atoms with van der Waals surface area (Å²) in [7, 11) is 0. The van der Waals surface area contributed by atoms with Gasteiger partial charge in [-0.3, -0.25) is 4.79 Å². The highest BCUT2D eigenvalue weighted by Crippen LogP contribution is 2.37. The maximum Gasteiger partial charge on any atom is 0.204 e. The zero-order valence-corrected chi connectivity index (χ0v) is 12.8. The molecule has 0 aliphatic heterocycles. The van der Waals surface area contributed by atoms with Crippen LogP contribution >= 0.6 is 0 Å². The van der Waals surface area contributed by atoms with Crippen LogP contribution in [0.15, 0.2) is 45.1 Å². The third-order valence-electron chi connectivity index (χ3n) is 3.74. The smallest absolute Gasteiger partial charge is 0.204 e. The second-order valence-corrected chi connectivity index (χ2v) is 5.67. The van der Waals surface area contributed by atoms with Gasteiger partial charge in [0.15, 0.2) is 11.3 Å². The number of phenolic OH excluding ortho intramolecular Hbond substituents is 3. The predicted molar refractivity (Wildman–Crippen MR) is 88.1 cm³/mol. The van der Waals surface area contributed by atoms with Gasteiger partial charge in [-0.05, 0) is 32.4 Å². The molecule has 1 aromatic heterocycles. The number of hydrogen-bond donors (Lipinski definition) is 3. The minimum absolute atomic E-state index is 0.00180. The monoisotopic (exact) mass is 312 g/mol. The lowest BCUT2D eigenvalue weighted by atomic mass is 10.0. The molecule has 1 heterocycles. The molecule has 2 aromatic carbocycles. The molecule has 0 aliphatic rings. The van der Waals surface area contributed by atoms with Crippen LogP contribution in [0.3, 0.4) is 0 Å². The number of para-hydroxylation sites is 1. The lowest BCUT2D eigenvalue weighted by Crippen LogP contribution is -2.03. The summed E-state index contributed by atoms with van der Waals surface area (Å²) in [5, 5.41) is 30.6. The lowest BCUT2D eigenvalue weighted by Gasteiger charge is -2.10. The molecule has 0 aliphatic carbocycles. The van der Waals surface area contributed by atoms with Gasteiger partial charge in [0.1, 0.15) is 22.5 Å². The molecule has 0 radical (unpaired) electrons. The van der Waals surface area contributed by atoms with E-state index in [4.69, 9.17) is 4.42 Å². The fraction of sp³-hybridized carbons (Fsp3) is 0.167. The van der Waals surface area contributed by atoms with Gasteiger partial charge in [-0.2, -0.15) is 0 Å². The van der Waals surface area contributed by atoms with Crippen molar-refractivity contribution in [3.05, 3.63) is 51.7 Å². The molecule has 0 atom stereocenters. The van der Waals surface area contributed by atoms with Gasteiger partial charge in [0.2, 0.25) is 5.43 Å². The van der Waals surface area contributed by atoms with E-state index in [0.29, 0.717) is 6.42 Å². The van der Waals surface area contributed by atoms with E-state index in [0.717, 1.165) is 5.57 Å². The van der Waals surface area contributed by atoms with Gasteiger partial charge in [-0.25, -0.2) is 0 Å². The van der Waals surface area contributed by atoms with Crippen LogP contribution in [0.4, 0.5) is 0 Å². The van der Waals surface area contributed by atoms with Crippen LogP contribution in [0.1, 0.15) is 19.4 Å². The van der Waals surface area contributed by atoms with Crippen molar-refractivity contribution in [1.82, 2.24) is 0 Å². The minimum Gasteiger partial charge on any atom is -0.507 e. The second kappa shape index (κ2) is 5.35. The van der Waals surface area contributed by atoms with Gasteiger partial charge < -0.3 is 19.7 Å². The summed E-state index contributed by atoms with van der Waals surface area (Å²) < 4.78 is 5.51. The predicted octanol–water partition coefficient (Wildman–Crippen LogP) is 3.57. The van der Waals surface area contributed by atoms with Crippen LogP contribution in [0.25, 0.3) is 21.9 Å². The number of allylic oxidation sites excluding steroid dienone is 2. The minimum atomic E-state index is -0.451. The van der Waals surface area contributed by atoms with Crippen molar-refractivity contribution in [2.75, 3.05) is 0 Å². The summed E-state index contributed by atoms with van der Waals surface area (Å²) in [6, 6.07) is 5.74. The molecule has 0 bridgehead atoms. The molecule has 3 rings (SSSR count). The number of benzene rings is 2. The van der Waals surface area contributed by atoms with E-state index < -0.39 is 5.43 Å². The molecule has 0 amide bonds. The molecule has 5 nitrogen and oxygen atoms in total. The Morgan fingerprint density at radius 1 is 1.17 bits per heavy atom. The van der Waals surface area contributed by atoms with E-state index in [1.54, 1.807) is 0 Å². The van der Waals surface area contributed by atoms with Gasteiger partial charge in [-0.1, -0.05) is 17.7 Å². The Morgan fingerprint density at radius 3 is 2.61 bits per heavy atom. The van der Waals surface area contributed by atoms with Crippen molar-refractivity contribution in [2.45, 2.75) is 20.3 Å². The van der Waals surface area contributed by atoms with Crippen molar-refractivity contribution >= 4 is 21.9 Å². The van der Waals surface area contributed by atoms with E-state index >= 15 is 0 Å². The van der Waals surface area contributed by atoms with Gasteiger partial charge >= 0.3 is 0 Å². The van der Waals surface area contributed by atoms with Crippen molar-refractivity contribution in [2.24, 2.45) is 0 Å². The largest absolute Gasteiger partial charge is 0.507 e. The number of fused-ring (bicyclic) bond motifs is 2. The SMILES string of the molecule is CC(C)=CCc1c(O)cc2oc3c(O)cccc3c(=O)c2c1O. The Kier molecular flexibility index (Phi) is 3.48. The Balaban J connectivity index is 2.41. The second-order valence-electron chi connectivity index (χ2n) is 5.67. The van der Waals surface area contributed by atoms with E-state index in [2.05, 4.69) is 0 Å². The topological polar surface area (TPSA) is 90.9 Å². The maximum absolute atomic E-state index is 12.6. The molecule has 0 unspecified atom stereocenters. The molecule has 0 spiro atoms. The van der Waals surface area contributed by atoms with Crippen molar-refractivity contribution in [3.8, 4) is 17.2 Å². The third-order valence-corrected chi connectivity index (χ3v) is 3.74. The fourth-order valence-electron chi connectivity index (χ4n) is 2.54. The zero-order chi connectivity index (χ0) is 16.7. The highest BCUT2D eigenvalue weighted by Gasteiger charge is 2.18. The van der Waals surface area contributed by atoms with Crippen LogP contribution in [0, 0.1) is 0 Å². The van der Waals surface area contributed by atoms with Gasteiger partial charge in [0.05, 0.1) is 5.39 Å². The zero-order valence-electron chi connectivity index (χ0n) is 12.8. The number of aromatic hydroxyl groups is 3. The maximum atomic E-state index is 12.6. The van der Waals surface area contributed by atoms with Crippen LogP contribution in [-0.2, 0) is 6.42 Å². The molecule has 118 valence electrons. The molecular weight excluding hydrogens is 296 g/mol. The van der Waals surface area contributed by atoms with Crippen molar-refractivity contribution in [1.29, 1.82) is 0 Å². The fourth-order valence-corrected chi connectivity index (χ4v) is 2.54. The summed E-state index contributed by atoms with van der Waals surface area (Å²) in [5.41, 5.74) is 0.902.